The van der Waals surface area contributed by atoms with Crippen LogP contribution in [0, 0.1) is 11.8 Å². The summed E-state index contributed by atoms with van der Waals surface area (Å²) in [6, 6.07) is 0.173. The van der Waals surface area contributed by atoms with E-state index in [1.807, 2.05) is 21.7 Å². The van der Waals surface area contributed by atoms with Gasteiger partial charge in [-0.1, -0.05) is 6.92 Å². The molecule has 5 nitrogen and oxygen atoms in total. The minimum Gasteiger partial charge on any atom is -0.334 e. The van der Waals surface area contributed by atoms with Crippen LogP contribution in [-0.4, -0.2) is 37.8 Å². The summed E-state index contributed by atoms with van der Waals surface area (Å²) < 4.78 is 1.83. The number of carbonyl (C=O) groups is 1. The van der Waals surface area contributed by atoms with E-state index in [9.17, 15) is 4.79 Å². The summed E-state index contributed by atoms with van der Waals surface area (Å²) in [6.07, 6.45) is 8.20. The molecule has 0 aliphatic heterocycles. The summed E-state index contributed by atoms with van der Waals surface area (Å²) in [5.74, 6) is 1.36. The van der Waals surface area contributed by atoms with Gasteiger partial charge in [-0.05, 0) is 32.1 Å². The number of rotatable bonds is 4. The number of amides is 1. The quantitative estimate of drug-likeness (QED) is 0.857. The van der Waals surface area contributed by atoms with Gasteiger partial charge in [-0.25, -0.2) is 9.97 Å². The molecule has 0 unspecified atom stereocenters. The van der Waals surface area contributed by atoms with E-state index in [-0.39, 0.29) is 11.9 Å². The average Bonchev–Trinajstić information content (AvgIpc) is 2.91. The molecular weight excluding hydrogens is 252 g/mol. The number of aromatic nitrogens is 3. The predicted octanol–water partition coefficient (Wildman–Crippen LogP) is 2.24. The van der Waals surface area contributed by atoms with Crippen LogP contribution in [0.3, 0.4) is 0 Å². The van der Waals surface area contributed by atoms with Gasteiger partial charge >= 0.3 is 0 Å². The zero-order valence-electron chi connectivity index (χ0n) is 12.2. The fraction of sp³-hybridized carbons (Fsp3) is 0.533. The summed E-state index contributed by atoms with van der Waals surface area (Å²) >= 11 is 0. The van der Waals surface area contributed by atoms with Crippen molar-refractivity contribution in [2.75, 3.05) is 6.54 Å². The van der Waals surface area contributed by atoms with Crippen molar-refractivity contribution in [2.45, 2.75) is 33.2 Å². The third kappa shape index (κ3) is 2.28. The molecule has 0 radical (unpaired) electrons. The molecule has 2 heterocycles. The maximum atomic E-state index is 12.8. The fourth-order valence-corrected chi connectivity index (χ4v) is 2.58. The van der Waals surface area contributed by atoms with Gasteiger partial charge in [0.1, 0.15) is 0 Å². The zero-order valence-corrected chi connectivity index (χ0v) is 12.2. The predicted molar refractivity (Wildman–Crippen MR) is 76.4 cm³/mol. The Hall–Kier alpha value is -1.91. The Morgan fingerprint density at radius 2 is 2.05 bits per heavy atom. The molecular formula is C15H20N4O. The fourth-order valence-electron chi connectivity index (χ4n) is 2.58. The van der Waals surface area contributed by atoms with Crippen molar-refractivity contribution in [1.29, 1.82) is 0 Å². The van der Waals surface area contributed by atoms with Gasteiger partial charge in [0.15, 0.2) is 11.3 Å². The second-order valence-corrected chi connectivity index (χ2v) is 5.96. The van der Waals surface area contributed by atoms with Gasteiger partial charge in [0.05, 0.1) is 0 Å². The van der Waals surface area contributed by atoms with Gasteiger partial charge in [0.2, 0.25) is 0 Å². The first kappa shape index (κ1) is 13.1. The van der Waals surface area contributed by atoms with Gasteiger partial charge < -0.3 is 9.30 Å². The van der Waals surface area contributed by atoms with E-state index in [1.165, 1.54) is 6.42 Å². The van der Waals surface area contributed by atoms with Crippen molar-refractivity contribution in [1.82, 2.24) is 19.3 Å². The second-order valence-electron chi connectivity index (χ2n) is 5.96. The number of hydrogen-bond acceptors (Lipinski definition) is 3. The standard InChI is InChI=1S/C15H20N4O/c1-10(2)19(9-12-8-11(12)3)15(20)13-14-17-5-7-18(14)6-4-16-13/h4-7,10-12H,8-9H2,1-3H3/t11-,12-/m0/s1. The molecule has 106 valence electrons. The summed E-state index contributed by atoms with van der Waals surface area (Å²) in [5.41, 5.74) is 1.08. The van der Waals surface area contributed by atoms with Crippen LogP contribution in [0.5, 0.6) is 0 Å². The molecule has 1 saturated carbocycles. The Balaban J connectivity index is 1.90. The summed E-state index contributed by atoms with van der Waals surface area (Å²) in [4.78, 5) is 23.2. The lowest BCUT2D eigenvalue weighted by atomic mass is 10.2. The summed E-state index contributed by atoms with van der Waals surface area (Å²) in [5, 5.41) is 0. The minimum absolute atomic E-state index is 0.0177. The van der Waals surface area contributed by atoms with E-state index < -0.39 is 0 Å². The molecule has 1 fully saturated rings. The number of nitrogens with zero attached hydrogens (tertiary/aromatic N) is 4. The molecule has 0 aromatic carbocycles. The van der Waals surface area contributed by atoms with E-state index in [0.29, 0.717) is 17.3 Å². The van der Waals surface area contributed by atoms with Crippen molar-refractivity contribution < 1.29 is 4.79 Å². The molecule has 2 aromatic heterocycles. The van der Waals surface area contributed by atoms with Crippen LogP contribution in [0.1, 0.15) is 37.7 Å². The van der Waals surface area contributed by atoms with Crippen LogP contribution in [0.15, 0.2) is 24.8 Å². The first-order valence-electron chi connectivity index (χ1n) is 7.16. The molecule has 0 saturated heterocycles. The highest BCUT2D eigenvalue weighted by molar-refractivity contribution is 5.97. The van der Waals surface area contributed by atoms with Crippen LogP contribution in [0.25, 0.3) is 5.65 Å². The number of hydrogen-bond donors (Lipinski definition) is 0. The van der Waals surface area contributed by atoms with Gasteiger partial charge in [-0.15, -0.1) is 0 Å². The molecule has 5 heteroatoms. The molecule has 1 aliphatic carbocycles. The van der Waals surface area contributed by atoms with Crippen LogP contribution in [-0.2, 0) is 0 Å². The van der Waals surface area contributed by atoms with E-state index in [1.54, 1.807) is 12.4 Å². The van der Waals surface area contributed by atoms with Crippen molar-refractivity contribution >= 4 is 11.6 Å². The summed E-state index contributed by atoms with van der Waals surface area (Å²) in [6.45, 7) is 7.16. The first-order valence-corrected chi connectivity index (χ1v) is 7.16. The maximum absolute atomic E-state index is 12.8. The monoisotopic (exact) mass is 272 g/mol. The highest BCUT2D eigenvalue weighted by atomic mass is 16.2. The van der Waals surface area contributed by atoms with Crippen molar-refractivity contribution in [3.8, 4) is 0 Å². The highest BCUT2D eigenvalue weighted by Crippen LogP contribution is 2.38. The SMILES string of the molecule is CC(C)N(C[C@@H]1C[C@@H]1C)C(=O)c1nccn2ccnc12. The Kier molecular flexibility index (Phi) is 3.20. The topological polar surface area (TPSA) is 50.5 Å². The second kappa shape index (κ2) is 4.89. The van der Waals surface area contributed by atoms with Gasteiger partial charge in [-0.3, -0.25) is 4.79 Å². The smallest absolute Gasteiger partial charge is 0.276 e. The van der Waals surface area contributed by atoms with Crippen LogP contribution < -0.4 is 0 Å². The van der Waals surface area contributed by atoms with E-state index >= 15 is 0 Å². The number of imidazole rings is 1. The molecule has 2 atom stereocenters. The normalized spacial score (nSPS) is 21.4. The molecule has 0 spiro atoms. The van der Waals surface area contributed by atoms with Crippen molar-refractivity contribution in [3.05, 3.63) is 30.5 Å². The molecule has 2 aromatic rings. The minimum atomic E-state index is -0.0177. The van der Waals surface area contributed by atoms with Crippen molar-refractivity contribution in [2.24, 2.45) is 11.8 Å². The molecule has 0 bridgehead atoms. The third-order valence-corrected chi connectivity index (χ3v) is 4.11. The Morgan fingerprint density at radius 3 is 2.65 bits per heavy atom. The van der Waals surface area contributed by atoms with Gasteiger partial charge in [-0.2, -0.15) is 0 Å². The van der Waals surface area contributed by atoms with E-state index in [2.05, 4.69) is 30.7 Å². The Bertz CT molecular complexity index is 634. The lowest BCUT2D eigenvalue weighted by Crippen LogP contribution is -2.39. The van der Waals surface area contributed by atoms with E-state index in [0.717, 1.165) is 12.5 Å². The van der Waals surface area contributed by atoms with Crippen LogP contribution >= 0.6 is 0 Å². The molecule has 20 heavy (non-hydrogen) atoms. The lowest BCUT2D eigenvalue weighted by Gasteiger charge is -2.26. The van der Waals surface area contributed by atoms with E-state index in [4.69, 9.17) is 0 Å². The molecule has 1 aliphatic rings. The van der Waals surface area contributed by atoms with Gasteiger partial charge in [0.25, 0.3) is 5.91 Å². The summed E-state index contributed by atoms with van der Waals surface area (Å²) in [7, 11) is 0. The number of fused-ring (bicyclic) bond motifs is 1. The average molecular weight is 272 g/mol. The highest BCUT2D eigenvalue weighted by Gasteiger charge is 2.36. The first-order chi connectivity index (χ1) is 9.58. The molecule has 0 N–H and O–H groups in total. The Morgan fingerprint density at radius 1 is 1.40 bits per heavy atom. The maximum Gasteiger partial charge on any atom is 0.276 e. The van der Waals surface area contributed by atoms with Crippen LogP contribution in [0.2, 0.25) is 0 Å². The lowest BCUT2D eigenvalue weighted by molar-refractivity contribution is 0.0689. The molecule has 3 rings (SSSR count). The van der Waals surface area contributed by atoms with Crippen molar-refractivity contribution in [3.63, 3.8) is 0 Å². The zero-order chi connectivity index (χ0) is 14.3. The van der Waals surface area contributed by atoms with Crippen LogP contribution in [0.4, 0.5) is 0 Å². The largest absolute Gasteiger partial charge is 0.334 e. The van der Waals surface area contributed by atoms with Gasteiger partial charge in [0, 0.05) is 37.4 Å². The Labute approximate surface area is 118 Å². The molecule has 1 amide bonds. The number of carbonyl (C=O) groups excluding carboxylic acids is 1. The third-order valence-electron chi connectivity index (χ3n) is 4.11.